The molecule has 1 N–H and O–H groups in total. The van der Waals surface area contributed by atoms with E-state index in [1.807, 2.05) is 6.92 Å². The molecule has 0 rings (SSSR count). The molecule has 0 heterocycles. The average molecular weight is 569 g/mol. The fraction of sp³-hybridized carbons (Fsp3) is 0.972. The number of hydrogen-bond donors (Lipinski definition) is 1. The number of aliphatic hydroxyl groups is 1. The summed E-state index contributed by atoms with van der Waals surface area (Å²) in [6, 6.07) is 0. The Morgan fingerprint density at radius 1 is 0.500 bits per heavy atom. The molecule has 40 heavy (non-hydrogen) atoms. The topological polar surface area (TPSA) is 55.8 Å². The van der Waals surface area contributed by atoms with Gasteiger partial charge in [0.15, 0.2) is 0 Å². The van der Waals surface area contributed by atoms with Gasteiger partial charge < -0.3 is 14.6 Å². The normalized spacial score (nSPS) is 12.2. The standard InChI is InChI=1S/C36H72O4/c1-3-5-7-8-9-10-11-12-13-14-15-16-17-18-19-20-21-22-23-24-25-26-27-28-29-30-32-39-34-35(33-37)40-36(38)31-6-4-2/h35,37H,3-34H2,1-2H3. The van der Waals surface area contributed by atoms with E-state index >= 15 is 0 Å². The second-order valence-electron chi connectivity index (χ2n) is 12.3. The van der Waals surface area contributed by atoms with Crippen LogP contribution in [0.2, 0.25) is 0 Å². The van der Waals surface area contributed by atoms with Gasteiger partial charge in [-0.25, -0.2) is 0 Å². The molecule has 0 saturated carbocycles. The first-order chi connectivity index (χ1) is 19.7. The van der Waals surface area contributed by atoms with Crippen LogP contribution >= 0.6 is 0 Å². The van der Waals surface area contributed by atoms with Crippen LogP contribution in [0.15, 0.2) is 0 Å². The van der Waals surface area contributed by atoms with Crippen molar-refractivity contribution in [1.29, 1.82) is 0 Å². The smallest absolute Gasteiger partial charge is 0.306 e. The largest absolute Gasteiger partial charge is 0.457 e. The fourth-order valence-electron chi connectivity index (χ4n) is 5.42. The molecule has 1 unspecified atom stereocenters. The van der Waals surface area contributed by atoms with Crippen LogP contribution in [-0.4, -0.2) is 37.0 Å². The van der Waals surface area contributed by atoms with Gasteiger partial charge in [-0.05, 0) is 12.8 Å². The summed E-state index contributed by atoms with van der Waals surface area (Å²) in [6.07, 6.45) is 38.2. The third-order valence-electron chi connectivity index (χ3n) is 8.18. The van der Waals surface area contributed by atoms with E-state index in [1.165, 1.54) is 161 Å². The van der Waals surface area contributed by atoms with Gasteiger partial charge in [-0.15, -0.1) is 0 Å². The van der Waals surface area contributed by atoms with Crippen LogP contribution in [0.5, 0.6) is 0 Å². The van der Waals surface area contributed by atoms with E-state index in [4.69, 9.17) is 9.47 Å². The van der Waals surface area contributed by atoms with Gasteiger partial charge in [0.2, 0.25) is 0 Å². The molecule has 0 amide bonds. The first-order valence-electron chi connectivity index (χ1n) is 18.1. The molecule has 0 radical (unpaired) electrons. The maximum absolute atomic E-state index is 11.6. The summed E-state index contributed by atoms with van der Waals surface area (Å²) in [5, 5.41) is 9.34. The van der Waals surface area contributed by atoms with Crippen molar-refractivity contribution in [3.05, 3.63) is 0 Å². The minimum Gasteiger partial charge on any atom is -0.457 e. The van der Waals surface area contributed by atoms with Gasteiger partial charge >= 0.3 is 5.97 Å². The van der Waals surface area contributed by atoms with Crippen molar-refractivity contribution in [2.24, 2.45) is 0 Å². The number of ether oxygens (including phenoxy) is 2. The molecule has 240 valence electrons. The van der Waals surface area contributed by atoms with Gasteiger partial charge in [0.05, 0.1) is 13.2 Å². The van der Waals surface area contributed by atoms with Gasteiger partial charge in [0.1, 0.15) is 6.10 Å². The number of unbranched alkanes of at least 4 members (excludes halogenated alkanes) is 26. The molecule has 0 aromatic heterocycles. The van der Waals surface area contributed by atoms with Gasteiger partial charge in [-0.3, -0.25) is 4.79 Å². The minimum absolute atomic E-state index is 0.169. The number of carbonyl (C=O) groups is 1. The Morgan fingerprint density at radius 3 is 1.15 bits per heavy atom. The van der Waals surface area contributed by atoms with E-state index < -0.39 is 6.10 Å². The Morgan fingerprint density at radius 2 is 0.825 bits per heavy atom. The third kappa shape index (κ3) is 31.9. The first-order valence-corrected chi connectivity index (χ1v) is 18.1. The number of rotatable bonds is 34. The molecule has 0 aliphatic rings. The summed E-state index contributed by atoms with van der Waals surface area (Å²) in [4.78, 5) is 11.6. The Hall–Kier alpha value is -0.610. The predicted molar refractivity (Wildman–Crippen MR) is 173 cm³/mol. The summed E-state index contributed by atoms with van der Waals surface area (Å²) < 4.78 is 10.9. The molecular weight excluding hydrogens is 496 g/mol. The zero-order valence-corrected chi connectivity index (χ0v) is 27.4. The van der Waals surface area contributed by atoms with Crippen LogP contribution in [0.3, 0.4) is 0 Å². The van der Waals surface area contributed by atoms with Crippen molar-refractivity contribution in [2.75, 3.05) is 19.8 Å². The first kappa shape index (κ1) is 39.4. The lowest BCUT2D eigenvalue weighted by atomic mass is 10.0. The Kier molecular flexibility index (Phi) is 34.1. The maximum Gasteiger partial charge on any atom is 0.306 e. The van der Waals surface area contributed by atoms with Crippen molar-refractivity contribution in [3.8, 4) is 0 Å². The molecule has 0 saturated heterocycles. The van der Waals surface area contributed by atoms with Gasteiger partial charge in [-0.1, -0.05) is 181 Å². The molecular formula is C36H72O4. The summed E-state index contributed by atoms with van der Waals surface area (Å²) in [6.45, 7) is 5.15. The Bertz CT molecular complexity index is 481. The van der Waals surface area contributed by atoms with Gasteiger partial charge in [0.25, 0.3) is 0 Å². The van der Waals surface area contributed by atoms with Crippen molar-refractivity contribution >= 4 is 5.97 Å². The Balaban J connectivity index is 3.18. The van der Waals surface area contributed by atoms with Crippen molar-refractivity contribution in [2.45, 2.75) is 206 Å². The van der Waals surface area contributed by atoms with Crippen LogP contribution < -0.4 is 0 Å². The van der Waals surface area contributed by atoms with Crippen LogP contribution in [0.4, 0.5) is 0 Å². The molecule has 0 aromatic carbocycles. The Labute approximate surface area is 251 Å². The highest BCUT2D eigenvalue weighted by Gasteiger charge is 2.13. The number of esters is 1. The van der Waals surface area contributed by atoms with E-state index in [1.54, 1.807) is 0 Å². The number of aliphatic hydroxyl groups excluding tert-OH is 1. The van der Waals surface area contributed by atoms with E-state index in [-0.39, 0.29) is 12.6 Å². The number of hydrogen-bond acceptors (Lipinski definition) is 4. The predicted octanol–water partition coefficient (Wildman–Crippen LogP) is 11.3. The summed E-state index contributed by atoms with van der Waals surface area (Å²) in [5.74, 6) is -0.232. The summed E-state index contributed by atoms with van der Waals surface area (Å²) in [7, 11) is 0. The second-order valence-corrected chi connectivity index (χ2v) is 12.3. The lowest BCUT2D eigenvalue weighted by Gasteiger charge is -2.15. The fourth-order valence-corrected chi connectivity index (χ4v) is 5.42. The van der Waals surface area contributed by atoms with Crippen molar-refractivity contribution < 1.29 is 19.4 Å². The monoisotopic (exact) mass is 569 g/mol. The highest BCUT2D eigenvalue weighted by molar-refractivity contribution is 5.69. The lowest BCUT2D eigenvalue weighted by molar-refractivity contribution is -0.154. The van der Waals surface area contributed by atoms with Crippen molar-refractivity contribution in [3.63, 3.8) is 0 Å². The van der Waals surface area contributed by atoms with Crippen LogP contribution in [0.25, 0.3) is 0 Å². The zero-order chi connectivity index (χ0) is 29.2. The molecule has 4 nitrogen and oxygen atoms in total. The lowest BCUT2D eigenvalue weighted by Crippen LogP contribution is -2.27. The van der Waals surface area contributed by atoms with Gasteiger partial charge in [-0.2, -0.15) is 0 Å². The maximum atomic E-state index is 11.6. The molecule has 4 heteroatoms. The molecule has 0 aliphatic carbocycles. The SMILES string of the molecule is CCCCCCCCCCCCCCCCCCCCCCCCCCCCOCC(CO)OC(=O)CCCC. The van der Waals surface area contributed by atoms with Crippen LogP contribution in [0, 0.1) is 0 Å². The second kappa shape index (κ2) is 34.6. The highest BCUT2D eigenvalue weighted by atomic mass is 16.6. The van der Waals surface area contributed by atoms with Crippen molar-refractivity contribution in [1.82, 2.24) is 0 Å². The number of carbonyl (C=O) groups excluding carboxylic acids is 1. The van der Waals surface area contributed by atoms with Crippen LogP contribution in [-0.2, 0) is 14.3 Å². The third-order valence-corrected chi connectivity index (χ3v) is 8.18. The molecule has 0 aromatic rings. The quantitative estimate of drug-likeness (QED) is 0.0619. The van der Waals surface area contributed by atoms with Crippen LogP contribution in [0.1, 0.15) is 200 Å². The highest BCUT2D eigenvalue weighted by Crippen LogP contribution is 2.16. The van der Waals surface area contributed by atoms with E-state index in [9.17, 15) is 9.90 Å². The minimum atomic E-state index is -0.520. The van der Waals surface area contributed by atoms with E-state index in [0.29, 0.717) is 19.6 Å². The van der Waals surface area contributed by atoms with E-state index in [0.717, 1.165) is 19.3 Å². The molecule has 0 bridgehead atoms. The molecule has 0 aliphatic heterocycles. The summed E-state index contributed by atoms with van der Waals surface area (Å²) in [5.41, 5.74) is 0. The molecule has 0 spiro atoms. The molecule has 1 atom stereocenters. The van der Waals surface area contributed by atoms with E-state index in [2.05, 4.69) is 6.92 Å². The average Bonchev–Trinajstić information content (AvgIpc) is 2.96. The zero-order valence-electron chi connectivity index (χ0n) is 27.4. The molecule has 0 fully saturated rings. The van der Waals surface area contributed by atoms with Gasteiger partial charge in [0, 0.05) is 13.0 Å². The summed E-state index contributed by atoms with van der Waals surface area (Å²) >= 11 is 0.